The smallest absolute Gasteiger partial charge is 0.243 e. The van der Waals surface area contributed by atoms with Gasteiger partial charge in [0.05, 0.1) is 11.3 Å². The Hall–Kier alpha value is -2.55. The van der Waals surface area contributed by atoms with Gasteiger partial charge in [0.1, 0.15) is 0 Å². The van der Waals surface area contributed by atoms with Gasteiger partial charge in [-0.1, -0.05) is 29.4 Å². The molecule has 3 aromatic rings. The molecule has 29 heavy (non-hydrogen) atoms. The van der Waals surface area contributed by atoms with Crippen LogP contribution in [-0.2, 0) is 22.9 Å². The minimum Gasteiger partial charge on any atom is -0.339 e. The highest BCUT2D eigenvalue weighted by Gasteiger charge is 2.27. The Morgan fingerprint density at radius 3 is 2.28 bits per heavy atom. The van der Waals surface area contributed by atoms with Crippen LogP contribution >= 0.6 is 0 Å². The summed E-state index contributed by atoms with van der Waals surface area (Å²) in [5, 5.41) is 4.04. The molecule has 1 saturated heterocycles. The summed E-state index contributed by atoms with van der Waals surface area (Å²) >= 11 is 0. The molecule has 4 rings (SSSR count). The summed E-state index contributed by atoms with van der Waals surface area (Å²) in [6.45, 7) is 1.81. The zero-order chi connectivity index (χ0) is 20.3. The lowest BCUT2D eigenvalue weighted by Gasteiger charge is -2.15. The van der Waals surface area contributed by atoms with Gasteiger partial charge in [-0.05, 0) is 61.2 Å². The molecule has 1 aliphatic heterocycles. The van der Waals surface area contributed by atoms with Crippen molar-refractivity contribution in [2.45, 2.75) is 30.6 Å². The van der Waals surface area contributed by atoms with E-state index < -0.39 is 10.0 Å². The van der Waals surface area contributed by atoms with Gasteiger partial charge < -0.3 is 10.3 Å². The van der Waals surface area contributed by atoms with E-state index in [0.29, 0.717) is 42.7 Å². The van der Waals surface area contributed by atoms with Crippen molar-refractivity contribution in [3.8, 4) is 11.4 Å². The maximum absolute atomic E-state index is 12.6. The van der Waals surface area contributed by atoms with Gasteiger partial charge in [-0.3, -0.25) is 0 Å². The molecule has 2 N–H and O–H groups in total. The van der Waals surface area contributed by atoms with Crippen molar-refractivity contribution >= 4 is 10.0 Å². The lowest BCUT2D eigenvalue weighted by atomic mass is 10.1. The van der Waals surface area contributed by atoms with Gasteiger partial charge in [0.15, 0.2) is 0 Å². The second kappa shape index (κ2) is 8.44. The van der Waals surface area contributed by atoms with E-state index in [1.54, 1.807) is 24.3 Å². The van der Waals surface area contributed by atoms with E-state index in [1.165, 1.54) is 9.87 Å². The van der Waals surface area contributed by atoms with Crippen LogP contribution in [0.15, 0.2) is 57.9 Å². The van der Waals surface area contributed by atoms with E-state index in [1.807, 2.05) is 12.1 Å². The number of nitrogens with two attached hydrogens (primary N) is 1. The van der Waals surface area contributed by atoms with Crippen LogP contribution in [0.3, 0.4) is 0 Å². The molecule has 0 atom stereocenters. The van der Waals surface area contributed by atoms with Crippen molar-refractivity contribution in [2.75, 3.05) is 19.6 Å². The molecule has 0 radical (unpaired) electrons. The third kappa shape index (κ3) is 4.39. The monoisotopic (exact) mass is 412 g/mol. The maximum atomic E-state index is 12.6. The van der Waals surface area contributed by atoms with Gasteiger partial charge in [0, 0.05) is 18.7 Å². The Balaban J connectivity index is 1.46. The Morgan fingerprint density at radius 2 is 1.62 bits per heavy atom. The molecular weight excluding hydrogens is 388 g/mol. The van der Waals surface area contributed by atoms with Gasteiger partial charge in [-0.25, -0.2) is 8.42 Å². The van der Waals surface area contributed by atoms with Crippen LogP contribution in [0.1, 0.15) is 29.9 Å². The van der Waals surface area contributed by atoms with Gasteiger partial charge in [0.25, 0.3) is 0 Å². The van der Waals surface area contributed by atoms with E-state index in [-0.39, 0.29) is 0 Å². The molecule has 2 aromatic carbocycles. The molecule has 0 aliphatic carbocycles. The van der Waals surface area contributed by atoms with Crippen LogP contribution in [0, 0.1) is 0 Å². The number of hydrogen-bond donors (Lipinski definition) is 1. The zero-order valence-corrected chi connectivity index (χ0v) is 16.9. The number of rotatable bonds is 7. The highest BCUT2D eigenvalue weighted by atomic mass is 32.2. The first-order valence-electron chi connectivity index (χ1n) is 9.77. The molecule has 7 nitrogen and oxygen atoms in total. The summed E-state index contributed by atoms with van der Waals surface area (Å²) in [6, 6.07) is 14.8. The van der Waals surface area contributed by atoms with E-state index >= 15 is 0 Å². The second-order valence-corrected chi connectivity index (χ2v) is 9.12. The molecule has 0 bridgehead atoms. The van der Waals surface area contributed by atoms with Crippen LogP contribution in [0.4, 0.5) is 0 Å². The molecule has 2 heterocycles. The van der Waals surface area contributed by atoms with Gasteiger partial charge in [-0.2, -0.15) is 9.29 Å². The third-order valence-electron chi connectivity index (χ3n) is 5.09. The fourth-order valence-electron chi connectivity index (χ4n) is 3.46. The number of hydrogen-bond acceptors (Lipinski definition) is 6. The summed E-state index contributed by atoms with van der Waals surface area (Å²) in [4.78, 5) is 4.74. The Kier molecular flexibility index (Phi) is 5.75. The van der Waals surface area contributed by atoms with Crippen molar-refractivity contribution < 1.29 is 12.9 Å². The predicted molar refractivity (Wildman–Crippen MR) is 110 cm³/mol. The summed E-state index contributed by atoms with van der Waals surface area (Å²) in [7, 11) is -3.42. The first-order valence-corrected chi connectivity index (χ1v) is 11.2. The standard InChI is InChI=1S/C21H24N4O3S/c22-12-11-16-3-5-17(6-4-16)15-20-23-21(24-28-20)18-7-9-19(10-8-18)29(26,27)25-13-1-2-14-25/h3-10H,1-2,11-15,22H2. The third-order valence-corrected chi connectivity index (χ3v) is 7.01. The van der Waals surface area contributed by atoms with E-state index in [0.717, 1.165) is 30.4 Å². The van der Waals surface area contributed by atoms with Crippen molar-refractivity contribution in [1.82, 2.24) is 14.4 Å². The summed E-state index contributed by atoms with van der Waals surface area (Å²) in [5.41, 5.74) is 8.57. The largest absolute Gasteiger partial charge is 0.339 e. The van der Waals surface area contributed by atoms with Crippen LogP contribution in [0.25, 0.3) is 11.4 Å². The molecular formula is C21H24N4O3S. The molecule has 1 aromatic heterocycles. The van der Waals surface area contributed by atoms with Crippen molar-refractivity contribution in [1.29, 1.82) is 0 Å². The van der Waals surface area contributed by atoms with Crippen molar-refractivity contribution in [2.24, 2.45) is 5.73 Å². The fourth-order valence-corrected chi connectivity index (χ4v) is 4.98. The maximum Gasteiger partial charge on any atom is 0.243 e. The van der Waals surface area contributed by atoms with Crippen LogP contribution in [-0.4, -0.2) is 42.5 Å². The number of sulfonamides is 1. The Morgan fingerprint density at radius 1 is 0.966 bits per heavy atom. The molecule has 0 spiro atoms. The molecule has 8 heteroatoms. The summed E-state index contributed by atoms with van der Waals surface area (Å²) in [5.74, 6) is 0.963. The zero-order valence-electron chi connectivity index (χ0n) is 16.1. The normalized spacial score (nSPS) is 15.1. The lowest BCUT2D eigenvalue weighted by molar-refractivity contribution is 0.385. The lowest BCUT2D eigenvalue weighted by Crippen LogP contribution is -2.27. The first kappa shape index (κ1) is 19.8. The van der Waals surface area contributed by atoms with Crippen LogP contribution < -0.4 is 5.73 Å². The molecule has 0 unspecified atom stereocenters. The second-order valence-electron chi connectivity index (χ2n) is 7.18. The van der Waals surface area contributed by atoms with Gasteiger partial charge in [-0.15, -0.1) is 0 Å². The average Bonchev–Trinajstić information content (AvgIpc) is 3.42. The topological polar surface area (TPSA) is 102 Å². The van der Waals surface area contributed by atoms with Crippen LogP contribution in [0.2, 0.25) is 0 Å². The van der Waals surface area contributed by atoms with E-state index in [2.05, 4.69) is 22.3 Å². The van der Waals surface area contributed by atoms with Crippen molar-refractivity contribution in [3.05, 3.63) is 65.5 Å². The predicted octanol–water partition coefficient (Wildman–Crippen LogP) is 2.61. The van der Waals surface area contributed by atoms with E-state index in [9.17, 15) is 8.42 Å². The van der Waals surface area contributed by atoms with Crippen molar-refractivity contribution in [3.63, 3.8) is 0 Å². The molecule has 1 fully saturated rings. The highest BCUT2D eigenvalue weighted by molar-refractivity contribution is 7.89. The fraction of sp³-hybridized carbons (Fsp3) is 0.333. The summed E-state index contributed by atoms with van der Waals surface area (Å²) in [6.07, 6.45) is 3.23. The first-order chi connectivity index (χ1) is 14.1. The SMILES string of the molecule is NCCc1ccc(Cc2nc(-c3ccc(S(=O)(=O)N4CCCC4)cc3)no2)cc1. The Labute approximate surface area is 170 Å². The van der Waals surface area contributed by atoms with Gasteiger partial charge in [0.2, 0.25) is 21.7 Å². The average molecular weight is 413 g/mol. The van der Waals surface area contributed by atoms with E-state index in [4.69, 9.17) is 10.3 Å². The molecule has 1 aliphatic rings. The number of aromatic nitrogens is 2. The molecule has 0 amide bonds. The number of nitrogens with zero attached hydrogens (tertiary/aromatic N) is 3. The minimum atomic E-state index is -3.42. The molecule has 0 saturated carbocycles. The highest BCUT2D eigenvalue weighted by Crippen LogP contribution is 2.24. The summed E-state index contributed by atoms with van der Waals surface area (Å²) < 4.78 is 32.2. The molecule has 152 valence electrons. The van der Waals surface area contributed by atoms with Gasteiger partial charge >= 0.3 is 0 Å². The Bertz CT molecular complexity index is 1050. The quantitative estimate of drug-likeness (QED) is 0.640. The van der Waals surface area contributed by atoms with Crippen LogP contribution in [0.5, 0.6) is 0 Å². The number of benzene rings is 2. The minimum absolute atomic E-state index is 0.296.